The van der Waals surface area contributed by atoms with Crippen LogP contribution in [0, 0.1) is 0 Å². The minimum atomic E-state index is -1.30. The Balaban J connectivity index is 1.56. The van der Waals surface area contributed by atoms with Crippen molar-refractivity contribution in [3.05, 3.63) is 53.5 Å². The maximum absolute atomic E-state index is 12.7. The van der Waals surface area contributed by atoms with Gasteiger partial charge in [-0.1, -0.05) is 6.07 Å². The van der Waals surface area contributed by atoms with Crippen molar-refractivity contribution in [2.45, 2.75) is 31.7 Å². The minimum Gasteiger partial charge on any atom is -0.467 e. The lowest BCUT2D eigenvalue weighted by Crippen LogP contribution is -2.57. The summed E-state index contributed by atoms with van der Waals surface area (Å²) in [6, 6.07) is 8.10. The highest BCUT2D eigenvalue weighted by Gasteiger charge is 2.42. The zero-order valence-corrected chi connectivity index (χ0v) is 13.8. The number of nitrogens with one attached hydrogen (secondary N) is 2. The first-order valence-corrected chi connectivity index (χ1v) is 8.26. The minimum absolute atomic E-state index is 0.0977. The number of benzene rings is 1. The highest BCUT2D eigenvalue weighted by molar-refractivity contribution is 6.07. The summed E-state index contributed by atoms with van der Waals surface area (Å²) in [4.78, 5) is 37.7. The van der Waals surface area contributed by atoms with E-state index >= 15 is 0 Å². The van der Waals surface area contributed by atoms with E-state index in [1.165, 1.54) is 4.90 Å². The molecule has 0 saturated carbocycles. The second-order valence-electron chi connectivity index (χ2n) is 6.32. The number of amides is 3. The van der Waals surface area contributed by atoms with Gasteiger partial charge in [0.2, 0.25) is 5.91 Å². The molecule has 0 aliphatic carbocycles. The Morgan fingerprint density at radius 1 is 1.19 bits per heavy atom. The maximum Gasteiger partial charge on any atom is 0.255 e. The third-order valence-electron chi connectivity index (χ3n) is 4.70. The molecule has 4 rings (SSSR count). The number of furan rings is 1. The number of rotatable bonds is 4. The molecular weight excluding hydrogens is 338 g/mol. The summed E-state index contributed by atoms with van der Waals surface area (Å²) >= 11 is 0. The van der Waals surface area contributed by atoms with Crippen molar-refractivity contribution in [2.24, 2.45) is 0 Å². The van der Waals surface area contributed by atoms with Gasteiger partial charge in [-0.3, -0.25) is 19.7 Å². The summed E-state index contributed by atoms with van der Waals surface area (Å²) in [6.45, 7) is 0.698. The number of imide groups is 1. The molecule has 3 amide bonds. The van der Waals surface area contributed by atoms with Gasteiger partial charge in [-0.15, -0.1) is 0 Å². The Bertz CT molecular complexity index is 877. The fourth-order valence-electron chi connectivity index (χ4n) is 3.35. The summed E-state index contributed by atoms with van der Waals surface area (Å²) in [7, 11) is 0. The lowest BCUT2D eigenvalue weighted by Gasteiger charge is -2.31. The monoisotopic (exact) mass is 355 g/mol. The SMILES string of the molecule is O=C1NC(=O)C(N2Cc3c(NCc4ccco4)cccc3C2=O)CC1O. The topological polar surface area (TPSA) is 112 Å². The van der Waals surface area contributed by atoms with Crippen LogP contribution in [0.3, 0.4) is 0 Å². The number of fused-ring (bicyclic) bond motifs is 1. The first-order chi connectivity index (χ1) is 12.5. The number of carbonyl (C=O) groups is 3. The predicted octanol–water partition coefficient (Wildman–Crippen LogP) is 0.623. The van der Waals surface area contributed by atoms with Crippen LogP contribution in [0.2, 0.25) is 0 Å². The highest BCUT2D eigenvalue weighted by Crippen LogP contribution is 2.32. The molecule has 2 aliphatic rings. The van der Waals surface area contributed by atoms with Crippen molar-refractivity contribution in [2.75, 3.05) is 5.32 Å². The molecular formula is C18H17N3O5. The van der Waals surface area contributed by atoms with Gasteiger partial charge >= 0.3 is 0 Å². The molecule has 3 heterocycles. The summed E-state index contributed by atoms with van der Waals surface area (Å²) < 4.78 is 5.30. The van der Waals surface area contributed by atoms with Crippen LogP contribution >= 0.6 is 0 Å². The second-order valence-corrected chi connectivity index (χ2v) is 6.32. The van der Waals surface area contributed by atoms with Crippen LogP contribution in [0.5, 0.6) is 0 Å². The fraction of sp³-hybridized carbons (Fsp3) is 0.278. The molecule has 134 valence electrons. The smallest absolute Gasteiger partial charge is 0.255 e. The molecule has 2 aromatic rings. The van der Waals surface area contributed by atoms with Crippen LogP contribution in [-0.2, 0) is 22.7 Å². The summed E-state index contributed by atoms with van der Waals surface area (Å²) in [5.74, 6) is -0.816. The Morgan fingerprint density at radius 3 is 2.81 bits per heavy atom. The van der Waals surface area contributed by atoms with Crippen molar-refractivity contribution in [3.63, 3.8) is 0 Å². The average molecular weight is 355 g/mol. The van der Waals surface area contributed by atoms with E-state index in [1.807, 2.05) is 12.1 Å². The zero-order chi connectivity index (χ0) is 18.3. The molecule has 1 saturated heterocycles. The molecule has 1 aromatic heterocycles. The highest BCUT2D eigenvalue weighted by atomic mass is 16.3. The maximum atomic E-state index is 12.7. The van der Waals surface area contributed by atoms with E-state index < -0.39 is 24.0 Å². The van der Waals surface area contributed by atoms with E-state index in [0.29, 0.717) is 12.1 Å². The van der Waals surface area contributed by atoms with Crippen molar-refractivity contribution in [1.29, 1.82) is 0 Å². The number of nitrogens with zero attached hydrogens (tertiary/aromatic N) is 1. The Hall–Kier alpha value is -3.13. The van der Waals surface area contributed by atoms with Crippen LogP contribution < -0.4 is 10.6 Å². The number of anilines is 1. The molecule has 3 N–H and O–H groups in total. The van der Waals surface area contributed by atoms with Gasteiger partial charge < -0.3 is 19.7 Å². The van der Waals surface area contributed by atoms with Gasteiger partial charge in [0.1, 0.15) is 17.9 Å². The van der Waals surface area contributed by atoms with Crippen molar-refractivity contribution < 1.29 is 23.9 Å². The van der Waals surface area contributed by atoms with E-state index in [-0.39, 0.29) is 18.9 Å². The van der Waals surface area contributed by atoms with E-state index in [0.717, 1.165) is 17.0 Å². The number of carbonyl (C=O) groups excluding carboxylic acids is 3. The molecule has 2 unspecified atom stereocenters. The molecule has 0 spiro atoms. The van der Waals surface area contributed by atoms with Crippen LogP contribution in [0.4, 0.5) is 5.69 Å². The summed E-state index contributed by atoms with van der Waals surface area (Å²) in [5, 5.41) is 15.1. The van der Waals surface area contributed by atoms with Crippen molar-refractivity contribution in [3.8, 4) is 0 Å². The fourth-order valence-corrected chi connectivity index (χ4v) is 3.35. The zero-order valence-electron chi connectivity index (χ0n) is 13.8. The lowest BCUT2D eigenvalue weighted by atomic mass is 10.0. The van der Waals surface area contributed by atoms with E-state index in [4.69, 9.17) is 4.42 Å². The molecule has 2 aliphatic heterocycles. The van der Waals surface area contributed by atoms with E-state index in [1.54, 1.807) is 24.5 Å². The summed E-state index contributed by atoms with van der Waals surface area (Å²) in [6.07, 6.45) is 0.191. The van der Waals surface area contributed by atoms with Gasteiger partial charge in [-0.25, -0.2) is 0 Å². The summed E-state index contributed by atoms with van der Waals surface area (Å²) in [5.41, 5.74) is 2.07. The first-order valence-electron chi connectivity index (χ1n) is 8.26. The lowest BCUT2D eigenvalue weighted by molar-refractivity contribution is -0.144. The van der Waals surface area contributed by atoms with Crippen LogP contribution in [-0.4, -0.2) is 39.9 Å². The van der Waals surface area contributed by atoms with Gasteiger partial charge in [0.15, 0.2) is 0 Å². The molecule has 0 bridgehead atoms. The Morgan fingerprint density at radius 2 is 2.04 bits per heavy atom. The third-order valence-corrected chi connectivity index (χ3v) is 4.70. The van der Waals surface area contributed by atoms with E-state index in [2.05, 4.69) is 10.6 Å². The molecule has 8 heteroatoms. The van der Waals surface area contributed by atoms with Crippen LogP contribution in [0.15, 0.2) is 41.0 Å². The first kappa shape index (κ1) is 16.3. The predicted molar refractivity (Wildman–Crippen MR) is 89.9 cm³/mol. The quantitative estimate of drug-likeness (QED) is 0.694. The number of aliphatic hydroxyl groups excluding tert-OH is 1. The van der Waals surface area contributed by atoms with Crippen molar-refractivity contribution >= 4 is 23.4 Å². The third kappa shape index (κ3) is 2.74. The molecule has 8 nitrogen and oxygen atoms in total. The largest absolute Gasteiger partial charge is 0.467 e. The van der Waals surface area contributed by atoms with Gasteiger partial charge in [0.05, 0.1) is 12.8 Å². The molecule has 1 fully saturated rings. The van der Waals surface area contributed by atoms with Gasteiger partial charge in [0.25, 0.3) is 11.8 Å². The molecule has 1 aromatic carbocycles. The van der Waals surface area contributed by atoms with Crippen molar-refractivity contribution in [1.82, 2.24) is 10.2 Å². The average Bonchev–Trinajstić information content (AvgIpc) is 3.25. The Kier molecular flexibility index (Phi) is 3.96. The van der Waals surface area contributed by atoms with Crippen LogP contribution in [0.1, 0.15) is 28.1 Å². The van der Waals surface area contributed by atoms with Gasteiger partial charge in [-0.2, -0.15) is 0 Å². The van der Waals surface area contributed by atoms with E-state index in [9.17, 15) is 19.5 Å². The number of hydrogen-bond acceptors (Lipinski definition) is 6. The number of piperidine rings is 1. The van der Waals surface area contributed by atoms with Crippen LogP contribution in [0.25, 0.3) is 0 Å². The van der Waals surface area contributed by atoms with Gasteiger partial charge in [-0.05, 0) is 24.3 Å². The van der Waals surface area contributed by atoms with Gasteiger partial charge in [0, 0.05) is 29.8 Å². The standard InChI is InChI=1S/C18H17N3O5/c22-15-7-14(16(23)20-17(15)24)21-9-12-11(18(21)25)4-1-5-13(12)19-8-10-3-2-6-26-10/h1-6,14-15,19,22H,7-9H2,(H,20,23,24). The molecule has 0 radical (unpaired) electrons. The molecule has 26 heavy (non-hydrogen) atoms. The Labute approximate surface area is 148 Å². The normalized spacial score (nSPS) is 22.3. The molecule has 2 atom stereocenters. The second kappa shape index (κ2) is 6.30. The number of hydrogen-bond donors (Lipinski definition) is 3. The number of aliphatic hydroxyl groups is 1.